The number of halogens is 1. The van der Waals surface area contributed by atoms with E-state index >= 15 is 0 Å². The minimum absolute atomic E-state index is 0.0131. The molecule has 0 aliphatic carbocycles. The third kappa shape index (κ3) is 1.14. The number of aromatic carboxylic acids is 1. The molecule has 0 amide bonds. The highest BCUT2D eigenvalue weighted by Gasteiger charge is 2.12. The summed E-state index contributed by atoms with van der Waals surface area (Å²) in [4.78, 5) is 10.3. The molecule has 0 unspecified atom stereocenters. The fourth-order valence-electron chi connectivity index (χ4n) is 0.632. The van der Waals surface area contributed by atoms with Crippen LogP contribution in [0.25, 0.3) is 0 Å². The van der Waals surface area contributed by atoms with Gasteiger partial charge in [-0.2, -0.15) is 0 Å². The molecule has 3 nitrogen and oxygen atoms in total. The minimum atomic E-state index is -1.07. The Balaban J connectivity index is 3.15. The van der Waals surface area contributed by atoms with E-state index in [1.54, 1.807) is 6.92 Å². The molecular formula is C6H5ClO3. The lowest BCUT2D eigenvalue weighted by Crippen LogP contribution is -1.92. The van der Waals surface area contributed by atoms with Gasteiger partial charge in [0.1, 0.15) is 11.3 Å². The molecule has 54 valence electrons. The Morgan fingerprint density at radius 1 is 1.80 bits per heavy atom. The average molecular weight is 161 g/mol. The number of carbonyl (C=O) groups is 1. The summed E-state index contributed by atoms with van der Waals surface area (Å²) in [6, 6.07) is 1.38. The summed E-state index contributed by atoms with van der Waals surface area (Å²) < 4.78 is 4.76. The molecule has 0 saturated carbocycles. The fourth-order valence-corrected chi connectivity index (χ4v) is 0.889. The molecule has 10 heavy (non-hydrogen) atoms. The lowest BCUT2D eigenvalue weighted by molar-refractivity contribution is 0.0696. The zero-order valence-electron chi connectivity index (χ0n) is 5.22. The first-order valence-corrected chi connectivity index (χ1v) is 2.98. The number of hydrogen-bond donors (Lipinski definition) is 1. The second-order valence-electron chi connectivity index (χ2n) is 1.85. The number of rotatable bonds is 1. The topological polar surface area (TPSA) is 50.4 Å². The lowest BCUT2D eigenvalue weighted by Gasteiger charge is -1.83. The van der Waals surface area contributed by atoms with Gasteiger partial charge in [-0.1, -0.05) is 0 Å². The van der Waals surface area contributed by atoms with Crippen molar-refractivity contribution in [2.24, 2.45) is 0 Å². The van der Waals surface area contributed by atoms with Crippen molar-refractivity contribution in [3.05, 3.63) is 22.6 Å². The summed E-state index contributed by atoms with van der Waals surface area (Å²) in [5.74, 6) is -0.566. The molecule has 0 atom stereocenters. The average Bonchev–Trinajstić information content (AvgIpc) is 2.10. The van der Waals surface area contributed by atoms with E-state index in [9.17, 15) is 4.79 Å². The second-order valence-corrected chi connectivity index (χ2v) is 2.19. The zero-order chi connectivity index (χ0) is 7.72. The first-order chi connectivity index (χ1) is 4.61. The van der Waals surface area contributed by atoms with Gasteiger partial charge >= 0.3 is 5.97 Å². The standard InChI is InChI=1S/C6H5ClO3/c1-3-2-4(6(8)9)5(7)10-3/h2H,1H3,(H,8,9). The predicted molar refractivity (Wildman–Crippen MR) is 35.4 cm³/mol. The number of carboxylic acid groups (broad SMARTS) is 1. The maximum absolute atomic E-state index is 10.3. The van der Waals surface area contributed by atoms with Crippen molar-refractivity contribution in [2.45, 2.75) is 6.92 Å². The largest absolute Gasteiger partial charge is 0.478 e. The molecule has 0 radical (unpaired) electrons. The van der Waals surface area contributed by atoms with Crippen LogP contribution in [0, 0.1) is 6.92 Å². The molecule has 4 heteroatoms. The Bertz CT molecular complexity index is 264. The SMILES string of the molecule is Cc1cc(C(=O)O)c(Cl)o1. The van der Waals surface area contributed by atoms with E-state index in [4.69, 9.17) is 21.1 Å². The van der Waals surface area contributed by atoms with Crippen LogP contribution in [0.2, 0.25) is 5.22 Å². The third-order valence-electron chi connectivity index (χ3n) is 1.04. The van der Waals surface area contributed by atoms with Crippen molar-refractivity contribution in [2.75, 3.05) is 0 Å². The molecular weight excluding hydrogens is 156 g/mol. The summed E-state index contributed by atoms with van der Waals surface area (Å²) in [6.07, 6.45) is 0. The van der Waals surface area contributed by atoms with Gasteiger partial charge in [0.15, 0.2) is 0 Å². The van der Waals surface area contributed by atoms with Crippen LogP contribution < -0.4 is 0 Å². The molecule has 1 rings (SSSR count). The summed E-state index contributed by atoms with van der Waals surface area (Å²) in [7, 11) is 0. The van der Waals surface area contributed by atoms with Crippen molar-refractivity contribution in [1.29, 1.82) is 0 Å². The van der Waals surface area contributed by atoms with Crippen LogP contribution in [-0.2, 0) is 0 Å². The molecule has 1 aromatic rings. The number of furan rings is 1. The normalized spacial score (nSPS) is 9.80. The van der Waals surface area contributed by atoms with Crippen LogP contribution >= 0.6 is 11.6 Å². The summed E-state index contributed by atoms with van der Waals surface area (Å²) in [6.45, 7) is 1.64. The predicted octanol–water partition coefficient (Wildman–Crippen LogP) is 1.94. The van der Waals surface area contributed by atoms with Crippen molar-refractivity contribution in [3.8, 4) is 0 Å². The lowest BCUT2D eigenvalue weighted by atomic mass is 10.3. The number of hydrogen-bond acceptors (Lipinski definition) is 2. The highest BCUT2D eigenvalue weighted by atomic mass is 35.5. The molecule has 0 fully saturated rings. The van der Waals surface area contributed by atoms with Gasteiger partial charge in [0.05, 0.1) is 0 Å². The van der Waals surface area contributed by atoms with Gasteiger partial charge in [-0.25, -0.2) is 4.79 Å². The van der Waals surface area contributed by atoms with E-state index < -0.39 is 5.97 Å². The Kier molecular flexibility index (Phi) is 1.68. The highest BCUT2D eigenvalue weighted by Crippen LogP contribution is 2.19. The van der Waals surface area contributed by atoms with Crippen LogP contribution in [0.5, 0.6) is 0 Å². The maximum Gasteiger partial charge on any atom is 0.340 e. The number of aryl methyl sites for hydroxylation is 1. The van der Waals surface area contributed by atoms with Gasteiger partial charge in [0, 0.05) is 0 Å². The van der Waals surface area contributed by atoms with E-state index in [1.807, 2.05) is 0 Å². The first kappa shape index (κ1) is 7.15. The molecule has 1 heterocycles. The van der Waals surface area contributed by atoms with Gasteiger partial charge in [0.2, 0.25) is 5.22 Å². The summed E-state index contributed by atoms with van der Waals surface area (Å²) in [5, 5.41) is 8.37. The van der Waals surface area contributed by atoms with Crippen molar-refractivity contribution in [1.82, 2.24) is 0 Å². The zero-order valence-corrected chi connectivity index (χ0v) is 5.97. The van der Waals surface area contributed by atoms with Crippen LogP contribution in [-0.4, -0.2) is 11.1 Å². The van der Waals surface area contributed by atoms with Crippen molar-refractivity contribution >= 4 is 17.6 Å². The van der Waals surface area contributed by atoms with Gasteiger partial charge in [-0.05, 0) is 24.6 Å². The summed E-state index contributed by atoms with van der Waals surface area (Å²) in [5.41, 5.74) is 0.0131. The highest BCUT2D eigenvalue weighted by molar-refractivity contribution is 6.31. The fraction of sp³-hybridized carbons (Fsp3) is 0.167. The molecule has 0 aliphatic heterocycles. The van der Waals surface area contributed by atoms with E-state index in [1.165, 1.54) is 6.07 Å². The molecule has 0 aromatic carbocycles. The van der Waals surface area contributed by atoms with Crippen LogP contribution in [0.3, 0.4) is 0 Å². The molecule has 0 bridgehead atoms. The van der Waals surface area contributed by atoms with Gasteiger partial charge < -0.3 is 9.52 Å². The van der Waals surface area contributed by atoms with Gasteiger partial charge in [0.25, 0.3) is 0 Å². The molecule has 1 aromatic heterocycles. The Labute approximate surface area is 62.2 Å². The quantitative estimate of drug-likeness (QED) is 0.683. The molecule has 0 spiro atoms. The molecule has 0 saturated heterocycles. The smallest absolute Gasteiger partial charge is 0.340 e. The monoisotopic (exact) mass is 160 g/mol. The Morgan fingerprint density at radius 3 is 2.60 bits per heavy atom. The second kappa shape index (κ2) is 2.34. The van der Waals surface area contributed by atoms with Gasteiger partial charge in [-0.15, -0.1) is 0 Å². The van der Waals surface area contributed by atoms with Crippen LogP contribution in [0.1, 0.15) is 16.1 Å². The van der Waals surface area contributed by atoms with Crippen LogP contribution in [0.15, 0.2) is 10.5 Å². The first-order valence-electron chi connectivity index (χ1n) is 2.60. The van der Waals surface area contributed by atoms with Crippen molar-refractivity contribution < 1.29 is 14.3 Å². The van der Waals surface area contributed by atoms with Crippen LogP contribution in [0.4, 0.5) is 0 Å². The number of carboxylic acids is 1. The molecule has 0 aliphatic rings. The van der Waals surface area contributed by atoms with Crippen molar-refractivity contribution in [3.63, 3.8) is 0 Å². The van der Waals surface area contributed by atoms with Gasteiger partial charge in [-0.3, -0.25) is 0 Å². The van der Waals surface area contributed by atoms with E-state index in [2.05, 4.69) is 0 Å². The Morgan fingerprint density at radius 2 is 2.40 bits per heavy atom. The van der Waals surface area contributed by atoms with E-state index in [-0.39, 0.29) is 10.8 Å². The van der Waals surface area contributed by atoms with E-state index in [0.29, 0.717) is 5.76 Å². The maximum atomic E-state index is 10.3. The minimum Gasteiger partial charge on any atom is -0.478 e. The van der Waals surface area contributed by atoms with E-state index in [0.717, 1.165) is 0 Å². The molecule has 1 N–H and O–H groups in total. The Hall–Kier alpha value is -0.960. The third-order valence-corrected chi connectivity index (χ3v) is 1.32. The summed E-state index contributed by atoms with van der Waals surface area (Å²) >= 11 is 5.39.